The van der Waals surface area contributed by atoms with Crippen molar-refractivity contribution in [1.82, 2.24) is 25.4 Å². The minimum atomic E-state index is -0.729. The standard InChI is InChI=1S/C18H31N5O3S/c1-12(2)11-23-15(21-22-18(23)27-3)5-4-10-19-17(26)20-14-8-6-13(7-9-14)16(24)25/h12-14H,4-11H2,1-3H3,(H,24,25)(H2,19,20,26). The number of rotatable bonds is 9. The van der Waals surface area contributed by atoms with Crippen LogP contribution in [0.3, 0.4) is 0 Å². The fourth-order valence-electron chi connectivity index (χ4n) is 3.37. The number of hydrogen-bond acceptors (Lipinski definition) is 5. The number of hydrogen-bond donors (Lipinski definition) is 3. The van der Waals surface area contributed by atoms with E-state index >= 15 is 0 Å². The lowest BCUT2D eigenvalue weighted by Gasteiger charge is -2.26. The summed E-state index contributed by atoms with van der Waals surface area (Å²) in [5.41, 5.74) is 0. The molecule has 8 nitrogen and oxygen atoms in total. The lowest BCUT2D eigenvalue weighted by molar-refractivity contribution is -0.142. The van der Waals surface area contributed by atoms with E-state index in [1.165, 1.54) is 0 Å². The summed E-state index contributed by atoms with van der Waals surface area (Å²) in [7, 11) is 0. The van der Waals surface area contributed by atoms with Crippen LogP contribution in [0.25, 0.3) is 0 Å². The molecule has 1 saturated carbocycles. The lowest BCUT2D eigenvalue weighted by Crippen LogP contribution is -2.44. The maximum atomic E-state index is 12.0. The van der Waals surface area contributed by atoms with Crippen molar-refractivity contribution in [3.8, 4) is 0 Å². The van der Waals surface area contributed by atoms with Crippen LogP contribution in [-0.2, 0) is 17.8 Å². The van der Waals surface area contributed by atoms with Crippen molar-refractivity contribution in [2.75, 3.05) is 12.8 Å². The third kappa shape index (κ3) is 6.71. The molecule has 0 spiro atoms. The van der Waals surface area contributed by atoms with Crippen LogP contribution in [0, 0.1) is 11.8 Å². The summed E-state index contributed by atoms with van der Waals surface area (Å²) in [6.45, 7) is 5.80. The third-order valence-corrected chi connectivity index (χ3v) is 5.47. The molecule has 152 valence electrons. The van der Waals surface area contributed by atoms with E-state index in [0.717, 1.165) is 43.2 Å². The number of nitrogens with one attached hydrogen (secondary N) is 2. The van der Waals surface area contributed by atoms with Crippen LogP contribution >= 0.6 is 11.8 Å². The van der Waals surface area contributed by atoms with Gasteiger partial charge in [-0.3, -0.25) is 4.79 Å². The monoisotopic (exact) mass is 397 g/mol. The van der Waals surface area contributed by atoms with Gasteiger partial charge in [0.2, 0.25) is 0 Å². The van der Waals surface area contributed by atoms with Crippen molar-refractivity contribution < 1.29 is 14.7 Å². The van der Waals surface area contributed by atoms with Gasteiger partial charge in [-0.1, -0.05) is 25.6 Å². The molecule has 3 N–H and O–H groups in total. The highest BCUT2D eigenvalue weighted by Gasteiger charge is 2.26. The fourth-order valence-corrected chi connectivity index (χ4v) is 3.90. The van der Waals surface area contributed by atoms with Crippen molar-refractivity contribution >= 4 is 23.8 Å². The molecule has 1 fully saturated rings. The Balaban J connectivity index is 1.69. The summed E-state index contributed by atoms with van der Waals surface area (Å²) in [6, 6.07) is -0.110. The Hall–Kier alpha value is -1.77. The predicted molar refractivity (Wildman–Crippen MR) is 105 cm³/mol. The average molecular weight is 398 g/mol. The van der Waals surface area contributed by atoms with Gasteiger partial charge in [-0.2, -0.15) is 0 Å². The van der Waals surface area contributed by atoms with Crippen molar-refractivity contribution in [2.24, 2.45) is 11.8 Å². The molecule has 0 bridgehead atoms. The molecule has 1 aliphatic carbocycles. The van der Waals surface area contributed by atoms with Gasteiger partial charge in [-0.25, -0.2) is 4.79 Å². The number of amides is 2. The molecule has 0 radical (unpaired) electrons. The Bertz CT molecular complexity index is 627. The second-order valence-electron chi connectivity index (χ2n) is 7.50. The van der Waals surface area contributed by atoms with Crippen LogP contribution < -0.4 is 10.6 Å². The van der Waals surface area contributed by atoms with Crippen LogP contribution in [-0.4, -0.2) is 50.7 Å². The molecule has 0 aromatic carbocycles. The van der Waals surface area contributed by atoms with Gasteiger partial charge in [0.1, 0.15) is 5.82 Å². The van der Waals surface area contributed by atoms with E-state index in [2.05, 4.69) is 39.2 Å². The van der Waals surface area contributed by atoms with E-state index in [1.807, 2.05) is 6.26 Å². The van der Waals surface area contributed by atoms with Gasteiger partial charge in [0.15, 0.2) is 5.16 Å². The number of thioether (sulfide) groups is 1. The summed E-state index contributed by atoms with van der Waals surface area (Å²) < 4.78 is 2.16. The van der Waals surface area contributed by atoms with Crippen molar-refractivity contribution in [3.63, 3.8) is 0 Å². The number of aryl methyl sites for hydroxylation is 1. The zero-order chi connectivity index (χ0) is 19.8. The molecule has 27 heavy (non-hydrogen) atoms. The summed E-state index contributed by atoms with van der Waals surface area (Å²) >= 11 is 1.60. The molecule has 0 atom stereocenters. The highest BCUT2D eigenvalue weighted by Crippen LogP contribution is 2.24. The van der Waals surface area contributed by atoms with Gasteiger partial charge in [-0.15, -0.1) is 10.2 Å². The Morgan fingerprint density at radius 3 is 2.56 bits per heavy atom. The molecular weight excluding hydrogens is 366 g/mol. The molecule has 1 aliphatic rings. The molecule has 0 saturated heterocycles. The topological polar surface area (TPSA) is 109 Å². The van der Waals surface area contributed by atoms with Gasteiger partial charge in [0, 0.05) is 25.6 Å². The van der Waals surface area contributed by atoms with Gasteiger partial charge >= 0.3 is 12.0 Å². The smallest absolute Gasteiger partial charge is 0.315 e. The molecule has 2 rings (SSSR count). The largest absolute Gasteiger partial charge is 0.481 e. The SMILES string of the molecule is CSc1nnc(CCCNC(=O)NC2CCC(C(=O)O)CC2)n1CC(C)C. The van der Waals surface area contributed by atoms with Crippen LogP contribution in [0.15, 0.2) is 5.16 Å². The highest BCUT2D eigenvalue weighted by molar-refractivity contribution is 7.98. The van der Waals surface area contributed by atoms with E-state index in [4.69, 9.17) is 5.11 Å². The zero-order valence-electron chi connectivity index (χ0n) is 16.4. The third-order valence-electron chi connectivity index (χ3n) is 4.80. The first-order chi connectivity index (χ1) is 12.9. The van der Waals surface area contributed by atoms with Crippen LogP contribution in [0.1, 0.15) is 51.8 Å². The van der Waals surface area contributed by atoms with E-state index in [1.54, 1.807) is 11.8 Å². The summed E-state index contributed by atoms with van der Waals surface area (Å²) in [5, 5.41) is 24.3. The van der Waals surface area contributed by atoms with E-state index in [9.17, 15) is 9.59 Å². The second-order valence-corrected chi connectivity index (χ2v) is 8.27. The molecule has 9 heteroatoms. The first-order valence-electron chi connectivity index (χ1n) is 9.64. The van der Waals surface area contributed by atoms with Gasteiger partial charge in [-0.05, 0) is 44.3 Å². The Morgan fingerprint density at radius 2 is 1.96 bits per heavy atom. The minimum Gasteiger partial charge on any atom is -0.481 e. The van der Waals surface area contributed by atoms with Crippen molar-refractivity contribution in [1.29, 1.82) is 0 Å². The number of carbonyl (C=O) groups excluding carboxylic acids is 1. The number of carboxylic acids is 1. The Labute approximate surface area is 164 Å². The quantitative estimate of drug-likeness (QED) is 0.436. The number of aliphatic carboxylic acids is 1. The fraction of sp³-hybridized carbons (Fsp3) is 0.778. The molecule has 0 unspecified atom stereocenters. The number of carbonyl (C=O) groups is 2. The summed E-state index contributed by atoms with van der Waals surface area (Å²) in [5.74, 6) is 0.487. The van der Waals surface area contributed by atoms with Crippen LogP contribution in [0.4, 0.5) is 4.79 Å². The van der Waals surface area contributed by atoms with E-state index in [0.29, 0.717) is 25.3 Å². The summed E-state index contributed by atoms with van der Waals surface area (Å²) in [6.07, 6.45) is 6.27. The zero-order valence-corrected chi connectivity index (χ0v) is 17.2. The lowest BCUT2D eigenvalue weighted by atomic mass is 9.86. The molecular formula is C18H31N5O3S. The van der Waals surface area contributed by atoms with E-state index < -0.39 is 5.97 Å². The second kappa shape index (κ2) is 10.5. The van der Waals surface area contributed by atoms with Crippen molar-refractivity contribution in [3.05, 3.63) is 5.82 Å². The minimum absolute atomic E-state index is 0.0684. The highest BCUT2D eigenvalue weighted by atomic mass is 32.2. The van der Waals surface area contributed by atoms with Gasteiger partial charge in [0.05, 0.1) is 5.92 Å². The maximum Gasteiger partial charge on any atom is 0.315 e. The number of urea groups is 1. The molecule has 2 amide bonds. The van der Waals surface area contributed by atoms with Crippen LogP contribution in [0.5, 0.6) is 0 Å². The molecule has 1 aromatic rings. The first kappa shape index (κ1) is 21.5. The molecule has 0 aliphatic heterocycles. The number of carboxylic acid groups (broad SMARTS) is 1. The van der Waals surface area contributed by atoms with Crippen LogP contribution in [0.2, 0.25) is 0 Å². The Morgan fingerprint density at radius 1 is 1.26 bits per heavy atom. The first-order valence-corrected chi connectivity index (χ1v) is 10.9. The number of aromatic nitrogens is 3. The number of nitrogens with zero attached hydrogens (tertiary/aromatic N) is 3. The van der Waals surface area contributed by atoms with Gasteiger partial charge < -0.3 is 20.3 Å². The molecule has 1 aromatic heterocycles. The predicted octanol–water partition coefficient (Wildman–Crippen LogP) is 2.53. The maximum absolute atomic E-state index is 12.0. The van der Waals surface area contributed by atoms with E-state index in [-0.39, 0.29) is 18.0 Å². The van der Waals surface area contributed by atoms with Crippen molar-refractivity contribution in [2.45, 2.75) is 70.1 Å². The normalized spacial score (nSPS) is 19.9. The van der Waals surface area contributed by atoms with Gasteiger partial charge in [0.25, 0.3) is 0 Å². The Kier molecular flexibility index (Phi) is 8.40. The molecule has 1 heterocycles. The average Bonchev–Trinajstić information content (AvgIpc) is 3.00. The summed E-state index contributed by atoms with van der Waals surface area (Å²) in [4.78, 5) is 23.0.